The third-order valence-corrected chi connectivity index (χ3v) is 3.51. The van der Waals surface area contributed by atoms with E-state index in [4.69, 9.17) is 5.73 Å². The number of amides is 1. The first-order valence-corrected chi connectivity index (χ1v) is 7.42. The predicted octanol–water partition coefficient (Wildman–Crippen LogP) is 3.71. The van der Waals surface area contributed by atoms with Gasteiger partial charge in [0.25, 0.3) is 0 Å². The van der Waals surface area contributed by atoms with Crippen LogP contribution in [0.2, 0.25) is 0 Å². The largest absolute Gasteiger partial charge is 0.399 e. The minimum atomic E-state index is 0.0876. The van der Waals surface area contributed by atoms with Crippen LogP contribution < -0.4 is 5.73 Å². The lowest BCUT2D eigenvalue weighted by atomic mass is 10.1. The van der Waals surface area contributed by atoms with Gasteiger partial charge in [0.05, 0.1) is 0 Å². The number of rotatable bonds is 7. The van der Waals surface area contributed by atoms with Gasteiger partial charge in [0.2, 0.25) is 5.91 Å². The molecular formula is C17H26N2O. The minimum Gasteiger partial charge on any atom is -0.399 e. The average Bonchev–Trinajstić information content (AvgIpc) is 2.46. The second kappa shape index (κ2) is 8.41. The number of carbonyl (C=O) groups is 1. The molecule has 0 aliphatic heterocycles. The summed E-state index contributed by atoms with van der Waals surface area (Å²) in [5.41, 5.74) is 7.37. The zero-order valence-corrected chi connectivity index (χ0v) is 12.8. The number of hydrogen-bond acceptors (Lipinski definition) is 2. The van der Waals surface area contributed by atoms with Crippen LogP contribution in [0.25, 0.3) is 6.08 Å². The van der Waals surface area contributed by atoms with Gasteiger partial charge in [-0.05, 0) is 43.5 Å². The van der Waals surface area contributed by atoms with Crippen LogP contribution in [0.4, 0.5) is 5.69 Å². The van der Waals surface area contributed by atoms with Crippen molar-refractivity contribution in [1.82, 2.24) is 4.90 Å². The summed E-state index contributed by atoms with van der Waals surface area (Å²) in [6, 6.07) is 7.80. The van der Waals surface area contributed by atoms with Gasteiger partial charge >= 0.3 is 0 Å². The molecule has 1 amide bonds. The molecule has 0 aliphatic carbocycles. The van der Waals surface area contributed by atoms with E-state index in [1.54, 1.807) is 6.08 Å². The maximum Gasteiger partial charge on any atom is 0.246 e. The Kier molecular flexibility index (Phi) is 6.85. The summed E-state index contributed by atoms with van der Waals surface area (Å²) in [4.78, 5) is 14.3. The van der Waals surface area contributed by atoms with E-state index >= 15 is 0 Å². The van der Waals surface area contributed by atoms with Gasteiger partial charge in [0, 0.05) is 24.4 Å². The molecule has 1 aromatic carbocycles. The number of nitrogens with zero attached hydrogens (tertiary/aromatic N) is 1. The van der Waals surface area contributed by atoms with E-state index in [-0.39, 0.29) is 11.9 Å². The summed E-state index contributed by atoms with van der Waals surface area (Å²) < 4.78 is 0. The molecule has 0 spiro atoms. The Bertz CT molecular complexity index is 437. The fourth-order valence-corrected chi connectivity index (χ4v) is 1.97. The van der Waals surface area contributed by atoms with E-state index < -0.39 is 0 Å². The van der Waals surface area contributed by atoms with Gasteiger partial charge in [0.15, 0.2) is 0 Å². The van der Waals surface area contributed by atoms with Crippen molar-refractivity contribution in [3.63, 3.8) is 0 Å². The summed E-state index contributed by atoms with van der Waals surface area (Å²) in [5.74, 6) is 0.0876. The molecule has 0 heterocycles. The van der Waals surface area contributed by atoms with Crippen molar-refractivity contribution >= 4 is 17.7 Å². The molecule has 20 heavy (non-hydrogen) atoms. The first-order chi connectivity index (χ1) is 9.58. The van der Waals surface area contributed by atoms with Crippen molar-refractivity contribution in [1.29, 1.82) is 0 Å². The third-order valence-electron chi connectivity index (χ3n) is 3.51. The monoisotopic (exact) mass is 274 g/mol. The van der Waals surface area contributed by atoms with Crippen LogP contribution in [0, 0.1) is 0 Å². The van der Waals surface area contributed by atoms with E-state index in [9.17, 15) is 4.79 Å². The molecule has 0 saturated carbocycles. The molecule has 1 aromatic rings. The zero-order chi connectivity index (χ0) is 15.0. The summed E-state index contributed by atoms with van der Waals surface area (Å²) in [5, 5.41) is 0. The van der Waals surface area contributed by atoms with Crippen LogP contribution in [0.5, 0.6) is 0 Å². The Hall–Kier alpha value is -1.77. The topological polar surface area (TPSA) is 46.3 Å². The molecule has 0 aliphatic rings. The molecule has 0 aromatic heterocycles. The fourth-order valence-electron chi connectivity index (χ4n) is 1.97. The summed E-state index contributed by atoms with van der Waals surface area (Å²) >= 11 is 0. The number of carbonyl (C=O) groups excluding carboxylic acids is 1. The second-order valence-electron chi connectivity index (χ2n) is 5.14. The normalized spacial score (nSPS) is 12.6. The molecule has 1 rings (SSSR count). The van der Waals surface area contributed by atoms with E-state index in [1.807, 2.05) is 35.2 Å². The Morgan fingerprint density at radius 3 is 2.50 bits per heavy atom. The molecule has 0 radical (unpaired) electrons. The fraction of sp³-hybridized carbons (Fsp3) is 0.471. The van der Waals surface area contributed by atoms with Gasteiger partial charge in [-0.15, -0.1) is 0 Å². The summed E-state index contributed by atoms with van der Waals surface area (Å²) in [6.45, 7) is 7.19. The lowest BCUT2D eigenvalue weighted by molar-refractivity contribution is -0.128. The van der Waals surface area contributed by atoms with Crippen molar-refractivity contribution in [2.75, 3.05) is 12.3 Å². The lowest BCUT2D eigenvalue weighted by Crippen LogP contribution is -2.37. The van der Waals surface area contributed by atoms with Gasteiger partial charge in [-0.3, -0.25) is 4.79 Å². The van der Waals surface area contributed by atoms with E-state index in [0.717, 1.165) is 37.1 Å². The van der Waals surface area contributed by atoms with Gasteiger partial charge in [-0.25, -0.2) is 0 Å². The highest BCUT2D eigenvalue weighted by atomic mass is 16.2. The maximum absolute atomic E-state index is 12.3. The third kappa shape index (κ3) is 5.08. The predicted molar refractivity (Wildman–Crippen MR) is 86.3 cm³/mol. The molecule has 3 nitrogen and oxygen atoms in total. The zero-order valence-electron chi connectivity index (χ0n) is 12.8. The maximum atomic E-state index is 12.3. The van der Waals surface area contributed by atoms with Crippen molar-refractivity contribution in [3.8, 4) is 0 Å². The number of benzene rings is 1. The molecule has 0 saturated heterocycles. The number of unbranched alkanes of at least 4 members (excludes halogenated alkanes) is 1. The van der Waals surface area contributed by atoms with Crippen LogP contribution in [0.3, 0.4) is 0 Å². The Morgan fingerprint density at radius 1 is 1.30 bits per heavy atom. The highest BCUT2D eigenvalue weighted by Gasteiger charge is 2.15. The highest BCUT2D eigenvalue weighted by Crippen LogP contribution is 2.10. The van der Waals surface area contributed by atoms with Crippen LogP contribution in [-0.4, -0.2) is 23.4 Å². The van der Waals surface area contributed by atoms with Crippen molar-refractivity contribution < 1.29 is 4.79 Å². The number of nitrogen functional groups attached to an aromatic ring is 1. The Morgan fingerprint density at radius 2 is 1.95 bits per heavy atom. The van der Waals surface area contributed by atoms with E-state index in [1.165, 1.54) is 0 Å². The van der Waals surface area contributed by atoms with Gasteiger partial charge in [-0.1, -0.05) is 32.4 Å². The quantitative estimate of drug-likeness (QED) is 0.608. The van der Waals surface area contributed by atoms with E-state index in [2.05, 4.69) is 20.8 Å². The van der Waals surface area contributed by atoms with Gasteiger partial charge in [-0.2, -0.15) is 0 Å². The molecule has 0 bridgehead atoms. The first kappa shape index (κ1) is 16.3. The van der Waals surface area contributed by atoms with Crippen LogP contribution in [0.15, 0.2) is 30.3 Å². The number of nitrogens with two attached hydrogens (primary N) is 1. The lowest BCUT2D eigenvalue weighted by Gasteiger charge is -2.27. The minimum absolute atomic E-state index is 0.0876. The Labute approximate surface area is 122 Å². The average molecular weight is 274 g/mol. The van der Waals surface area contributed by atoms with E-state index in [0.29, 0.717) is 0 Å². The smallest absolute Gasteiger partial charge is 0.246 e. The number of hydrogen-bond donors (Lipinski definition) is 1. The van der Waals surface area contributed by atoms with Crippen LogP contribution in [0.1, 0.15) is 45.6 Å². The molecular weight excluding hydrogens is 248 g/mol. The van der Waals surface area contributed by atoms with Crippen molar-refractivity contribution in [2.24, 2.45) is 0 Å². The standard InChI is InChI=1S/C17H26N2O/c1-4-6-13-19(14(3)5-2)17(20)12-9-15-7-10-16(18)11-8-15/h7-12,14H,4-6,13,18H2,1-3H3/b12-9+. The molecule has 1 atom stereocenters. The Balaban J connectivity index is 2.71. The highest BCUT2D eigenvalue weighted by molar-refractivity contribution is 5.92. The van der Waals surface area contributed by atoms with Gasteiger partial charge < -0.3 is 10.6 Å². The molecule has 110 valence electrons. The summed E-state index contributed by atoms with van der Waals surface area (Å²) in [6.07, 6.45) is 6.63. The first-order valence-electron chi connectivity index (χ1n) is 7.42. The SMILES string of the molecule is CCCCN(C(=O)/C=C/c1ccc(N)cc1)C(C)CC. The second-order valence-corrected chi connectivity index (χ2v) is 5.14. The van der Waals surface area contributed by atoms with Crippen molar-refractivity contribution in [3.05, 3.63) is 35.9 Å². The molecule has 3 heteroatoms. The van der Waals surface area contributed by atoms with Crippen LogP contribution >= 0.6 is 0 Å². The molecule has 2 N–H and O–H groups in total. The van der Waals surface area contributed by atoms with Crippen molar-refractivity contribution in [2.45, 2.75) is 46.1 Å². The number of anilines is 1. The molecule has 0 fully saturated rings. The molecule has 1 unspecified atom stereocenters. The van der Waals surface area contributed by atoms with Gasteiger partial charge in [0.1, 0.15) is 0 Å². The van der Waals surface area contributed by atoms with Crippen LogP contribution in [-0.2, 0) is 4.79 Å². The summed E-state index contributed by atoms with van der Waals surface area (Å²) in [7, 11) is 0.